The Kier molecular flexibility index (Phi) is 1.77. The minimum Gasteiger partial charge on any atom is -0.296 e. The van der Waals surface area contributed by atoms with Gasteiger partial charge in [0.1, 0.15) is 5.82 Å². The van der Waals surface area contributed by atoms with Crippen LogP contribution >= 0.6 is 11.6 Å². The lowest BCUT2D eigenvalue weighted by atomic mass is 10.1. The van der Waals surface area contributed by atoms with Gasteiger partial charge in [-0.2, -0.15) is 0 Å². The number of halogens is 1. The quantitative estimate of drug-likeness (QED) is 0.680. The first-order chi connectivity index (χ1) is 7.21. The Balaban J connectivity index is 1.92. The summed E-state index contributed by atoms with van der Waals surface area (Å²) >= 11 is 5.70. The highest BCUT2D eigenvalue weighted by Gasteiger charge is 2.55. The average Bonchev–Trinajstić information content (AvgIpc) is 2.92. The fourth-order valence-corrected chi connectivity index (χ4v) is 2.27. The van der Waals surface area contributed by atoms with Crippen LogP contribution in [0.4, 0.5) is 5.82 Å². The fraction of sp³-hybridized carbons (Fsp3) is 0.500. The standard InChI is InChI=1S/C10H10ClN3O/c11-9-12-5-1-7(13-9)14-6-4-10(2-3-10)8(14)15/h1,5H,2-4,6H2. The number of amides is 1. The van der Waals surface area contributed by atoms with Gasteiger partial charge in [-0.1, -0.05) is 0 Å². The maximum absolute atomic E-state index is 12.0. The summed E-state index contributed by atoms with van der Waals surface area (Å²) in [5.74, 6) is 0.834. The number of carbonyl (C=O) groups is 1. The minimum atomic E-state index is -0.0442. The molecule has 15 heavy (non-hydrogen) atoms. The summed E-state index contributed by atoms with van der Waals surface area (Å²) in [6, 6.07) is 1.73. The van der Waals surface area contributed by atoms with Crippen LogP contribution in [0.2, 0.25) is 5.28 Å². The Morgan fingerprint density at radius 2 is 2.20 bits per heavy atom. The molecule has 1 aliphatic carbocycles. The number of carbonyl (C=O) groups excluding carboxylic acids is 1. The van der Waals surface area contributed by atoms with Gasteiger partial charge in [0, 0.05) is 12.7 Å². The van der Waals surface area contributed by atoms with Crippen LogP contribution in [0.1, 0.15) is 19.3 Å². The van der Waals surface area contributed by atoms with E-state index in [1.54, 1.807) is 17.2 Å². The molecule has 1 aromatic rings. The van der Waals surface area contributed by atoms with E-state index in [1.807, 2.05) is 0 Å². The van der Waals surface area contributed by atoms with Gasteiger partial charge in [-0.05, 0) is 36.9 Å². The molecule has 2 fully saturated rings. The van der Waals surface area contributed by atoms with Crippen LogP contribution in [0.25, 0.3) is 0 Å². The predicted octanol–water partition coefficient (Wildman–Crippen LogP) is 1.65. The van der Waals surface area contributed by atoms with Crippen molar-refractivity contribution in [2.45, 2.75) is 19.3 Å². The van der Waals surface area contributed by atoms with Crippen molar-refractivity contribution in [3.63, 3.8) is 0 Å². The van der Waals surface area contributed by atoms with E-state index < -0.39 is 0 Å². The second-order valence-corrected chi connectivity index (χ2v) is 4.51. The third-order valence-electron chi connectivity index (χ3n) is 3.25. The number of rotatable bonds is 1. The molecule has 0 radical (unpaired) electrons. The molecule has 0 unspecified atom stereocenters. The highest BCUT2D eigenvalue weighted by molar-refractivity contribution is 6.28. The zero-order valence-corrected chi connectivity index (χ0v) is 8.87. The van der Waals surface area contributed by atoms with E-state index in [2.05, 4.69) is 9.97 Å². The van der Waals surface area contributed by atoms with Crippen molar-refractivity contribution < 1.29 is 4.79 Å². The SMILES string of the molecule is O=C1N(c2ccnc(Cl)n2)CCC12CC2. The molecule has 78 valence electrons. The third kappa shape index (κ3) is 1.32. The summed E-state index contributed by atoms with van der Waals surface area (Å²) < 4.78 is 0. The molecule has 1 spiro atoms. The molecule has 3 rings (SSSR count). The zero-order valence-electron chi connectivity index (χ0n) is 8.11. The molecule has 0 bridgehead atoms. The first kappa shape index (κ1) is 9.09. The molecule has 1 aliphatic heterocycles. The van der Waals surface area contributed by atoms with Crippen molar-refractivity contribution in [3.05, 3.63) is 17.5 Å². The van der Waals surface area contributed by atoms with E-state index >= 15 is 0 Å². The van der Waals surface area contributed by atoms with Crippen molar-refractivity contribution in [1.82, 2.24) is 9.97 Å². The average molecular weight is 224 g/mol. The summed E-state index contributed by atoms with van der Waals surface area (Å²) in [6.07, 6.45) is 4.59. The molecule has 1 amide bonds. The first-order valence-electron chi connectivity index (χ1n) is 5.02. The first-order valence-corrected chi connectivity index (χ1v) is 5.40. The van der Waals surface area contributed by atoms with E-state index in [4.69, 9.17) is 11.6 Å². The highest BCUT2D eigenvalue weighted by Crippen LogP contribution is 2.54. The molecule has 2 aliphatic rings. The Bertz CT molecular complexity index is 430. The molecule has 5 heteroatoms. The third-order valence-corrected chi connectivity index (χ3v) is 3.44. The van der Waals surface area contributed by atoms with Crippen LogP contribution in [-0.4, -0.2) is 22.4 Å². The molecule has 0 atom stereocenters. The second-order valence-electron chi connectivity index (χ2n) is 4.17. The second kappa shape index (κ2) is 2.92. The van der Waals surface area contributed by atoms with Crippen molar-refractivity contribution in [2.24, 2.45) is 5.41 Å². The molecular formula is C10H10ClN3O. The summed E-state index contributed by atoms with van der Waals surface area (Å²) in [5.41, 5.74) is -0.0442. The summed E-state index contributed by atoms with van der Waals surface area (Å²) in [6.45, 7) is 0.756. The van der Waals surface area contributed by atoms with Crippen LogP contribution in [-0.2, 0) is 4.79 Å². The van der Waals surface area contributed by atoms with Gasteiger partial charge in [-0.3, -0.25) is 9.69 Å². The molecule has 4 nitrogen and oxygen atoms in total. The molecule has 0 aromatic carbocycles. The van der Waals surface area contributed by atoms with E-state index in [0.717, 1.165) is 25.8 Å². The van der Waals surface area contributed by atoms with Crippen LogP contribution in [0.5, 0.6) is 0 Å². The van der Waals surface area contributed by atoms with Crippen molar-refractivity contribution in [1.29, 1.82) is 0 Å². The summed E-state index contributed by atoms with van der Waals surface area (Å²) in [7, 11) is 0. The molecule has 2 heterocycles. The minimum absolute atomic E-state index is 0.0442. The molecule has 1 aromatic heterocycles. The maximum atomic E-state index is 12.0. The number of nitrogens with zero attached hydrogens (tertiary/aromatic N) is 3. The van der Waals surface area contributed by atoms with Gasteiger partial charge in [0.05, 0.1) is 5.41 Å². The lowest BCUT2D eigenvalue weighted by molar-refractivity contribution is -0.121. The lowest BCUT2D eigenvalue weighted by Gasteiger charge is -2.14. The van der Waals surface area contributed by atoms with Gasteiger partial charge in [-0.15, -0.1) is 0 Å². The van der Waals surface area contributed by atoms with Crippen molar-refractivity contribution >= 4 is 23.3 Å². The van der Waals surface area contributed by atoms with E-state index in [1.165, 1.54) is 0 Å². The Hall–Kier alpha value is -1.16. The number of anilines is 1. The van der Waals surface area contributed by atoms with E-state index in [-0.39, 0.29) is 16.6 Å². The van der Waals surface area contributed by atoms with Crippen LogP contribution in [0, 0.1) is 5.41 Å². The Morgan fingerprint density at radius 1 is 1.40 bits per heavy atom. The topological polar surface area (TPSA) is 46.1 Å². The van der Waals surface area contributed by atoms with Crippen LogP contribution < -0.4 is 4.90 Å². The smallest absolute Gasteiger partial charge is 0.234 e. The molecule has 0 N–H and O–H groups in total. The van der Waals surface area contributed by atoms with E-state index in [0.29, 0.717) is 5.82 Å². The zero-order chi connectivity index (χ0) is 10.5. The van der Waals surface area contributed by atoms with Gasteiger partial charge in [-0.25, -0.2) is 9.97 Å². The van der Waals surface area contributed by atoms with E-state index in [9.17, 15) is 4.79 Å². The molecular weight excluding hydrogens is 214 g/mol. The maximum Gasteiger partial charge on any atom is 0.234 e. The Morgan fingerprint density at radius 3 is 2.80 bits per heavy atom. The molecule has 1 saturated carbocycles. The van der Waals surface area contributed by atoms with Gasteiger partial charge >= 0.3 is 0 Å². The molecule has 1 saturated heterocycles. The monoisotopic (exact) mass is 223 g/mol. The lowest BCUT2D eigenvalue weighted by Crippen LogP contribution is -2.28. The van der Waals surface area contributed by atoms with Gasteiger partial charge < -0.3 is 0 Å². The van der Waals surface area contributed by atoms with Crippen LogP contribution in [0.15, 0.2) is 12.3 Å². The fourth-order valence-electron chi connectivity index (χ4n) is 2.13. The van der Waals surface area contributed by atoms with Gasteiger partial charge in [0.2, 0.25) is 11.2 Å². The van der Waals surface area contributed by atoms with Crippen LogP contribution in [0.3, 0.4) is 0 Å². The normalized spacial score (nSPS) is 22.5. The van der Waals surface area contributed by atoms with Crippen molar-refractivity contribution in [2.75, 3.05) is 11.4 Å². The summed E-state index contributed by atoms with van der Waals surface area (Å²) in [4.78, 5) is 21.6. The van der Waals surface area contributed by atoms with Crippen molar-refractivity contribution in [3.8, 4) is 0 Å². The Labute approximate surface area is 92.3 Å². The summed E-state index contributed by atoms with van der Waals surface area (Å²) in [5, 5.41) is 0.192. The number of hydrogen-bond donors (Lipinski definition) is 0. The predicted molar refractivity (Wildman–Crippen MR) is 55.7 cm³/mol. The number of hydrogen-bond acceptors (Lipinski definition) is 3. The van der Waals surface area contributed by atoms with Gasteiger partial charge in [0.25, 0.3) is 0 Å². The highest BCUT2D eigenvalue weighted by atomic mass is 35.5. The number of aromatic nitrogens is 2. The van der Waals surface area contributed by atoms with Gasteiger partial charge in [0.15, 0.2) is 0 Å². The largest absolute Gasteiger partial charge is 0.296 e.